The van der Waals surface area contributed by atoms with Crippen LogP contribution in [0, 0.1) is 0 Å². The van der Waals surface area contributed by atoms with Crippen LogP contribution in [0.2, 0.25) is 0 Å². The fourth-order valence-corrected chi connectivity index (χ4v) is 3.46. The molecule has 1 aromatic heterocycles. The lowest BCUT2D eigenvalue weighted by atomic mass is 10.1. The molecule has 1 aliphatic rings. The molecule has 27 heavy (non-hydrogen) atoms. The van der Waals surface area contributed by atoms with Gasteiger partial charge in [-0.15, -0.1) is 5.10 Å². The normalized spacial score (nSPS) is 18.4. The van der Waals surface area contributed by atoms with Gasteiger partial charge in [0.1, 0.15) is 0 Å². The second kappa shape index (κ2) is 8.26. The van der Waals surface area contributed by atoms with Crippen molar-refractivity contribution in [1.29, 1.82) is 0 Å². The SMILES string of the molecule is CC(Sc1nnnn1CC1CCCO1)C(=O)Nc1ccccc1C(F)(F)F. The number of anilines is 1. The van der Waals surface area contributed by atoms with Gasteiger partial charge in [0, 0.05) is 6.61 Å². The van der Waals surface area contributed by atoms with Gasteiger partial charge >= 0.3 is 6.18 Å². The van der Waals surface area contributed by atoms with Crippen molar-refractivity contribution in [2.75, 3.05) is 11.9 Å². The number of alkyl halides is 3. The zero-order chi connectivity index (χ0) is 19.4. The maximum Gasteiger partial charge on any atom is 0.418 e. The first-order valence-corrected chi connectivity index (χ1v) is 9.24. The minimum absolute atomic E-state index is 0.0237. The van der Waals surface area contributed by atoms with E-state index in [1.54, 1.807) is 11.6 Å². The van der Waals surface area contributed by atoms with E-state index < -0.39 is 22.9 Å². The van der Waals surface area contributed by atoms with Crippen molar-refractivity contribution in [2.24, 2.45) is 0 Å². The summed E-state index contributed by atoms with van der Waals surface area (Å²) in [6, 6.07) is 4.86. The Balaban J connectivity index is 1.65. The number of benzene rings is 1. The van der Waals surface area contributed by atoms with E-state index in [4.69, 9.17) is 4.74 Å². The van der Waals surface area contributed by atoms with Gasteiger partial charge in [-0.25, -0.2) is 4.68 Å². The summed E-state index contributed by atoms with van der Waals surface area (Å²) in [5.74, 6) is -0.566. The second-order valence-electron chi connectivity index (χ2n) is 6.07. The van der Waals surface area contributed by atoms with E-state index in [0.29, 0.717) is 18.3 Å². The average Bonchev–Trinajstić information content (AvgIpc) is 3.27. The lowest BCUT2D eigenvalue weighted by molar-refractivity contribution is -0.137. The van der Waals surface area contributed by atoms with Crippen molar-refractivity contribution >= 4 is 23.4 Å². The van der Waals surface area contributed by atoms with Crippen LogP contribution >= 0.6 is 11.8 Å². The maximum atomic E-state index is 13.1. The van der Waals surface area contributed by atoms with Crippen molar-refractivity contribution in [1.82, 2.24) is 20.2 Å². The number of rotatable bonds is 6. The van der Waals surface area contributed by atoms with Crippen LogP contribution in [0.4, 0.5) is 18.9 Å². The molecular formula is C16H18F3N5O2S. The van der Waals surface area contributed by atoms with Crippen molar-refractivity contribution in [2.45, 2.75) is 49.0 Å². The fraction of sp³-hybridized carbons (Fsp3) is 0.500. The molecule has 0 saturated carbocycles. The van der Waals surface area contributed by atoms with Crippen LogP contribution in [0.5, 0.6) is 0 Å². The minimum Gasteiger partial charge on any atom is -0.376 e. The van der Waals surface area contributed by atoms with E-state index in [1.165, 1.54) is 18.2 Å². The Morgan fingerprint density at radius 2 is 2.22 bits per heavy atom. The third-order valence-corrected chi connectivity index (χ3v) is 5.11. The quantitative estimate of drug-likeness (QED) is 0.750. The highest BCUT2D eigenvalue weighted by atomic mass is 32.2. The number of tetrazole rings is 1. The van der Waals surface area contributed by atoms with Crippen LogP contribution in [0.3, 0.4) is 0 Å². The summed E-state index contributed by atoms with van der Waals surface area (Å²) in [6.07, 6.45) is -2.64. The van der Waals surface area contributed by atoms with Crippen LogP contribution in [-0.2, 0) is 22.3 Å². The van der Waals surface area contributed by atoms with E-state index in [2.05, 4.69) is 20.8 Å². The molecule has 7 nitrogen and oxygen atoms in total. The summed E-state index contributed by atoms with van der Waals surface area (Å²) in [5.41, 5.74) is -1.17. The van der Waals surface area contributed by atoms with Crippen molar-refractivity contribution in [3.05, 3.63) is 29.8 Å². The van der Waals surface area contributed by atoms with E-state index >= 15 is 0 Å². The molecule has 0 aliphatic carbocycles. The summed E-state index contributed by atoms with van der Waals surface area (Å²) < 4.78 is 46.3. The number of carbonyl (C=O) groups excluding carboxylic acids is 1. The molecule has 2 unspecified atom stereocenters. The number of thioether (sulfide) groups is 1. The van der Waals surface area contributed by atoms with Crippen molar-refractivity contribution < 1.29 is 22.7 Å². The minimum atomic E-state index is -4.55. The van der Waals surface area contributed by atoms with Crippen LogP contribution in [0.15, 0.2) is 29.4 Å². The van der Waals surface area contributed by atoms with Crippen molar-refractivity contribution in [3.8, 4) is 0 Å². The number of halogens is 3. The number of ether oxygens (including phenoxy) is 1. The zero-order valence-electron chi connectivity index (χ0n) is 14.4. The number of hydrogen-bond donors (Lipinski definition) is 1. The molecule has 1 aliphatic heterocycles. The van der Waals surface area contributed by atoms with Gasteiger partial charge in [-0.3, -0.25) is 4.79 Å². The molecule has 1 N–H and O–H groups in total. The fourth-order valence-electron chi connectivity index (χ4n) is 2.66. The Labute approximate surface area is 157 Å². The smallest absolute Gasteiger partial charge is 0.376 e. The average molecular weight is 401 g/mol. The molecule has 3 rings (SSSR count). The predicted molar refractivity (Wildman–Crippen MR) is 92.2 cm³/mol. The molecule has 1 aromatic carbocycles. The van der Waals surface area contributed by atoms with Gasteiger partial charge in [0.2, 0.25) is 11.1 Å². The predicted octanol–water partition coefficient (Wildman–Crippen LogP) is 2.99. The topological polar surface area (TPSA) is 81.9 Å². The highest BCUT2D eigenvalue weighted by molar-refractivity contribution is 8.00. The van der Waals surface area contributed by atoms with Gasteiger partial charge < -0.3 is 10.1 Å². The number of nitrogens with zero attached hydrogens (tertiary/aromatic N) is 4. The number of amides is 1. The molecule has 1 fully saturated rings. The first-order valence-electron chi connectivity index (χ1n) is 8.36. The van der Waals surface area contributed by atoms with Crippen LogP contribution < -0.4 is 5.32 Å². The van der Waals surface area contributed by atoms with Crippen LogP contribution in [0.1, 0.15) is 25.3 Å². The van der Waals surface area contributed by atoms with E-state index in [-0.39, 0.29) is 11.8 Å². The number of carbonyl (C=O) groups is 1. The summed E-state index contributed by atoms with van der Waals surface area (Å²) in [7, 11) is 0. The molecule has 2 atom stereocenters. The standard InChI is InChI=1S/C16H18F3N5O2S/c1-10(14(25)20-13-7-3-2-6-12(13)16(17,18)19)27-15-21-22-23-24(15)9-11-5-4-8-26-11/h2-3,6-7,10-11H,4-5,8-9H2,1H3,(H,20,25). The Kier molecular flexibility index (Phi) is 6.00. The molecular weight excluding hydrogens is 383 g/mol. The maximum absolute atomic E-state index is 13.1. The Bertz CT molecular complexity index is 792. The summed E-state index contributed by atoms with van der Waals surface area (Å²) in [5, 5.41) is 13.5. The molecule has 1 amide bonds. The third-order valence-electron chi connectivity index (χ3n) is 4.04. The van der Waals surface area contributed by atoms with Gasteiger partial charge in [-0.2, -0.15) is 13.2 Å². The van der Waals surface area contributed by atoms with Crippen molar-refractivity contribution in [3.63, 3.8) is 0 Å². The van der Waals surface area contributed by atoms with Gasteiger partial charge in [0.25, 0.3) is 0 Å². The first-order chi connectivity index (χ1) is 12.8. The Hall–Kier alpha value is -2.14. The Morgan fingerprint density at radius 1 is 1.44 bits per heavy atom. The number of para-hydroxylation sites is 1. The number of aromatic nitrogens is 4. The van der Waals surface area contributed by atoms with Crippen LogP contribution in [0.25, 0.3) is 0 Å². The summed E-state index contributed by atoms with van der Waals surface area (Å²) in [6.45, 7) is 2.76. The molecule has 1 saturated heterocycles. The number of nitrogens with one attached hydrogen (secondary N) is 1. The lowest BCUT2D eigenvalue weighted by Gasteiger charge is -2.16. The lowest BCUT2D eigenvalue weighted by Crippen LogP contribution is -2.25. The molecule has 0 spiro atoms. The van der Waals surface area contributed by atoms with Gasteiger partial charge in [0.05, 0.1) is 29.1 Å². The second-order valence-corrected chi connectivity index (χ2v) is 7.38. The zero-order valence-corrected chi connectivity index (χ0v) is 15.3. The highest BCUT2D eigenvalue weighted by Crippen LogP contribution is 2.35. The molecule has 2 heterocycles. The van der Waals surface area contributed by atoms with Crippen LogP contribution in [-0.4, -0.2) is 44.1 Å². The van der Waals surface area contributed by atoms with Gasteiger partial charge in [-0.05, 0) is 42.3 Å². The van der Waals surface area contributed by atoms with E-state index in [0.717, 1.165) is 30.7 Å². The summed E-state index contributed by atoms with van der Waals surface area (Å²) >= 11 is 1.08. The number of hydrogen-bond acceptors (Lipinski definition) is 6. The first kappa shape index (κ1) is 19.6. The molecule has 146 valence electrons. The molecule has 0 bridgehead atoms. The molecule has 0 radical (unpaired) electrons. The van der Waals surface area contributed by atoms with Gasteiger partial charge in [-0.1, -0.05) is 23.9 Å². The monoisotopic (exact) mass is 401 g/mol. The molecule has 2 aromatic rings. The van der Waals surface area contributed by atoms with E-state index in [9.17, 15) is 18.0 Å². The van der Waals surface area contributed by atoms with Gasteiger partial charge in [0.15, 0.2) is 0 Å². The third kappa shape index (κ3) is 4.98. The van der Waals surface area contributed by atoms with E-state index in [1.807, 2.05) is 0 Å². The Morgan fingerprint density at radius 3 is 2.93 bits per heavy atom. The highest BCUT2D eigenvalue weighted by Gasteiger charge is 2.34. The summed E-state index contributed by atoms with van der Waals surface area (Å²) in [4.78, 5) is 12.4. The largest absolute Gasteiger partial charge is 0.418 e. The molecule has 11 heteroatoms.